The fourth-order valence-corrected chi connectivity index (χ4v) is 3.32. The van der Waals surface area contributed by atoms with Crippen LogP contribution in [-0.4, -0.2) is 12.5 Å². The third-order valence-corrected chi connectivity index (χ3v) is 4.86. The van der Waals surface area contributed by atoms with Gasteiger partial charge in [-0.3, -0.25) is 4.79 Å². The van der Waals surface area contributed by atoms with Crippen LogP contribution in [0.5, 0.6) is 0 Å². The lowest BCUT2D eigenvalue weighted by Gasteiger charge is -1.98. The van der Waals surface area contributed by atoms with E-state index in [-0.39, 0.29) is 5.91 Å². The summed E-state index contributed by atoms with van der Waals surface area (Å²) in [6, 6.07) is 8.00. The highest BCUT2D eigenvalue weighted by molar-refractivity contribution is 7.20. The predicted octanol–water partition coefficient (Wildman–Crippen LogP) is 4.09. The number of benzene rings is 1. The molecule has 1 heterocycles. The first kappa shape index (κ1) is 12.7. The quantitative estimate of drug-likeness (QED) is 0.845. The molecule has 1 aliphatic carbocycles. The molecule has 0 spiro atoms. The molecule has 0 saturated heterocycles. The van der Waals surface area contributed by atoms with Gasteiger partial charge in [0.1, 0.15) is 0 Å². The van der Waals surface area contributed by atoms with E-state index >= 15 is 0 Å². The Bertz CT molecular complexity index is 643. The van der Waals surface area contributed by atoms with Gasteiger partial charge in [-0.1, -0.05) is 29.8 Å². The van der Waals surface area contributed by atoms with Crippen LogP contribution in [-0.2, 0) is 4.79 Å². The molecular formula is C15H14ClNOS. The fourth-order valence-electron chi connectivity index (χ4n) is 1.92. The zero-order valence-electron chi connectivity index (χ0n) is 10.4. The average molecular weight is 292 g/mol. The van der Waals surface area contributed by atoms with Crippen molar-refractivity contribution in [1.29, 1.82) is 0 Å². The molecule has 1 aromatic carbocycles. The van der Waals surface area contributed by atoms with Gasteiger partial charge in [0.25, 0.3) is 0 Å². The number of carbonyl (C=O) groups is 1. The minimum absolute atomic E-state index is 0.0413. The lowest BCUT2D eigenvalue weighted by Crippen LogP contribution is -2.23. The van der Waals surface area contributed by atoms with E-state index in [1.807, 2.05) is 24.3 Å². The van der Waals surface area contributed by atoms with Gasteiger partial charge in [-0.15, -0.1) is 11.3 Å². The van der Waals surface area contributed by atoms with Crippen molar-refractivity contribution in [2.75, 3.05) is 6.54 Å². The van der Waals surface area contributed by atoms with Gasteiger partial charge in [0.15, 0.2) is 0 Å². The molecule has 19 heavy (non-hydrogen) atoms. The minimum atomic E-state index is -0.0413. The van der Waals surface area contributed by atoms with Gasteiger partial charge >= 0.3 is 0 Å². The summed E-state index contributed by atoms with van der Waals surface area (Å²) in [6.07, 6.45) is 5.85. The maximum atomic E-state index is 11.6. The van der Waals surface area contributed by atoms with Crippen molar-refractivity contribution in [1.82, 2.24) is 5.32 Å². The van der Waals surface area contributed by atoms with Gasteiger partial charge in [0, 0.05) is 27.6 Å². The number of hydrogen-bond donors (Lipinski definition) is 1. The Balaban J connectivity index is 1.72. The standard InChI is InChI=1S/C15H14ClNOS/c16-15-11-3-1-2-4-12(11)19-13(15)7-8-14(18)17-9-10-5-6-10/h1-4,7-8,10H,5-6,9H2,(H,17,18). The topological polar surface area (TPSA) is 29.1 Å². The SMILES string of the molecule is O=C(C=Cc1sc2ccccc2c1Cl)NCC1CC1. The number of rotatable bonds is 4. The lowest BCUT2D eigenvalue weighted by atomic mass is 10.2. The highest BCUT2D eigenvalue weighted by Crippen LogP contribution is 2.35. The van der Waals surface area contributed by atoms with E-state index in [1.165, 1.54) is 12.8 Å². The third-order valence-electron chi connectivity index (χ3n) is 3.21. The summed E-state index contributed by atoms with van der Waals surface area (Å²) >= 11 is 7.91. The van der Waals surface area contributed by atoms with Gasteiger partial charge in [-0.2, -0.15) is 0 Å². The van der Waals surface area contributed by atoms with E-state index in [0.717, 1.165) is 26.5 Å². The number of carbonyl (C=O) groups excluding carboxylic acids is 1. The van der Waals surface area contributed by atoms with Gasteiger partial charge in [-0.05, 0) is 30.9 Å². The van der Waals surface area contributed by atoms with Gasteiger partial charge in [-0.25, -0.2) is 0 Å². The highest BCUT2D eigenvalue weighted by atomic mass is 35.5. The summed E-state index contributed by atoms with van der Waals surface area (Å²) in [5.74, 6) is 0.658. The molecule has 1 saturated carbocycles. The average Bonchev–Trinajstić information content (AvgIpc) is 3.20. The van der Waals surface area contributed by atoms with Crippen LogP contribution in [0.15, 0.2) is 30.3 Å². The molecule has 4 heteroatoms. The van der Waals surface area contributed by atoms with Crippen molar-refractivity contribution in [3.8, 4) is 0 Å². The lowest BCUT2D eigenvalue weighted by molar-refractivity contribution is -0.116. The van der Waals surface area contributed by atoms with Gasteiger partial charge in [0.2, 0.25) is 5.91 Å². The van der Waals surface area contributed by atoms with E-state index < -0.39 is 0 Å². The summed E-state index contributed by atoms with van der Waals surface area (Å²) in [6.45, 7) is 0.795. The molecule has 1 fully saturated rings. The summed E-state index contributed by atoms with van der Waals surface area (Å²) in [7, 11) is 0. The Morgan fingerprint density at radius 3 is 2.95 bits per heavy atom. The molecule has 0 bridgehead atoms. The zero-order chi connectivity index (χ0) is 13.2. The zero-order valence-corrected chi connectivity index (χ0v) is 11.9. The van der Waals surface area contributed by atoms with Gasteiger partial charge < -0.3 is 5.32 Å². The van der Waals surface area contributed by atoms with Crippen molar-refractivity contribution in [2.24, 2.45) is 5.92 Å². The molecular weight excluding hydrogens is 278 g/mol. The number of fused-ring (bicyclic) bond motifs is 1. The summed E-state index contributed by atoms with van der Waals surface area (Å²) in [5.41, 5.74) is 0. The summed E-state index contributed by atoms with van der Waals surface area (Å²) in [4.78, 5) is 12.6. The maximum absolute atomic E-state index is 11.6. The molecule has 0 atom stereocenters. The first-order valence-corrected chi connectivity index (χ1v) is 7.56. The Hall–Kier alpha value is -1.32. The molecule has 3 rings (SSSR count). The van der Waals surface area contributed by atoms with Crippen LogP contribution >= 0.6 is 22.9 Å². The van der Waals surface area contributed by atoms with Crippen LogP contribution < -0.4 is 5.32 Å². The summed E-state index contributed by atoms with van der Waals surface area (Å²) in [5, 5.41) is 4.68. The number of halogens is 1. The molecule has 0 aliphatic heterocycles. The first-order valence-electron chi connectivity index (χ1n) is 6.37. The molecule has 98 valence electrons. The van der Waals surface area contributed by atoms with Crippen LogP contribution in [0.4, 0.5) is 0 Å². The van der Waals surface area contributed by atoms with Crippen LogP contribution in [0, 0.1) is 5.92 Å². The number of nitrogens with one attached hydrogen (secondary N) is 1. The van der Waals surface area contributed by atoms with E-state index in [4.69, 9.17) is 11.6 Å². The number of thiophene rings is 1. The first-order chi connectivity index (χ1) is 9.24. The Morgan fingerprint density at radius 1 is 1.42 bits per heavy atom. The van der Waals surface area contributed by atoms with Crippen LogP contribution in [0.2, 0.25) is 5.02 Å². The summed E-state index contributed by atoms with van der Waals surface area (Å²) < 4.78 is 1.14. The van der Waals surface area contributed by atoms with Crippen molar-refractivity contribution < 1.29 is 4.79 Å². The van der Waals surface area contributed by atoms with Crippen molar-refractivity contribution >= 4 is 45.0 Å². The monoisotopic (exact) mass is 291 g/mol. The second-order valence-electron chi connectivity index (χ2n) is 4.80. The van der Waals surface area contributed by atoms with Crippen molar-refractivity contribution in [2.45, 2.75) is 12.8 Å². The largest absolute Gasteiger partial charge is 0.352 e. The molecule has 1 aromatic heterocycles. The van der Waals surface area contributed by atoms with Crippen molar-refractivity contribution in [3.63, 3.8) is 0 Å². The van der Waals surface area contributed by atoms with E-state index in [1.54, 1.807) is 23.5 Å². The maximum Gasteiger partial charge on any atom is 0.244 e. The molecule has 2 aromatic rings. The van der Waals surface area contributed by atoms with Crippen LogP contribution in [0.3, 0.4) is 0 Å². The second kappa shape index (κ2) is 5.35. The Labute approximate surface area is 121 Å². The van der Waals surface area contributed by atoms with E-state index in [9.17, 15) is 4.79 Å². The van der Waals surface area contributed by atoms with Gasteiger partial charge in [0.05, 0.1) is 5.02 Å². The van der Waals surface area contributed by atoms with Crippen LogP contribution in [0.1, 0.15) is 17.7 Å². The van der Waals surface area contributed by atoms with Crippen molar-refractivity contribution in [3.05, 3.63) is 40.2 Å². The molecule has 2 nitrogen and oxygen atoms in total. The Morgan fingerprint density at radius 2 is 2.21 bits per heavy atom. The number of amides is 1. The second-order valence-corrected chi connectivity index (χ2v) is 6.26. The fraction of sp³-hybridized carbons (Fsp3) is 0.267. The predicted molar refractivity (Wildman–Crippen MR) is 81.6 cm³/mol. The molecule has 0 unspecified atom stereocenters. The Kier molecular flexibility index (Phi) is 3.58. The normalized spacial score (nSPS) is 15.2. The molecule has 1 amide bonds. The highest BCUT2D eigenvalue weighted by Gasteiger charge is 2.21. The minimum Gasteiger partial charge on any atom is -0.352 e. The molecule has 0 radical (unpaired) electrons. The smallest absolute Gasteiger partial charge is 0.244 e. The molecule has 1 aliphatic rings. The third kappa shape index (κ3) is 2.99. The van der Waals surface area contributed by atoms with Crippen LogP contribution in [0.25, 0.3) is 16.2 Å². The van der Waals surface area contributed by atoms with E-state index in [0.29, 0.717) is 5.92 Å². The van der Waals surface area contributed by atoms with E-state index in [2.05, 4.69) is 5.32 Å². The molecule has 1 N–H and O–H groups in total. The number of hydrogen-bond acceptors (Lipinski definition) is 2.